The molecule has 1 aromatic rings. The molecule has 0 aromatic carbocycles. The van der Waals surface area contributed by atoms with Crippen LogP contribution < -0.4 is 11.4 Å². The Balaban J connectivity index is 1.55. The van der Waals surface area contributed by atoms with Crippen molar-refractivity contribution in [2.24, 2.45) is 5.92 Å². The molecule has 8 nitrogen and oxygen atoms in total. The number of hydrogen-bond acceptors (Lipinski definition) is 9. The van der Waals surface area contributed by atoms with Crippen molar-refractivity contribution in [2.45, 2.75) is 107 Å². The van der Waals surface area contributed by atoms with Gasteiger partial charge >= 0.3 is 5.69 Å². The Kier molecular flexibility index (Phi) is 8.53. The van der Waals surface area contributed by atoms with Crippen LogP contribution in [-0.2, 0) is 30.0 Å². The van der Waals surface area contributed by atoms with Crippen LogP contribution in [0.25, 0.3) is 0 Å². The molecule has 1 aromatic heterocycles. The van der Waals surface area contributed by atoms with E-state index in [0.717, 1.165) is 23.8 Å². The maximum absolute atomic E-state index is 16.0. The normalized spacial score (nSPS) is 37.8. The van der Waals surface area contributed by atoms with E-state index in [1.807, 2.05) is 0 Å². The Morgan fingerprint density at radius 3 is 2.76 bits per heavy atom. The van der Waals surface area contributed by atoms with E-state index in [9.17, 15) is 4.79 Å². The van der Waals surface area contributed by atoms with Gasteiger partial charge in [0.05, 0.1) is 12.7 Å². The summed E-state index contributed by atoms with van der Waals surface area (Å²) in [5.41, 5.74) is 3.41. The van der Waals surface area contributed by atoms with E-state index in [-0.39, 0.29) is 28.3 Å². The van der Waals surface area contributed by atoms with Gasteiger partial charge in [0.25, 0.3) is 0 Å². The van der Waals surface area contributed by atoms with Crippen LogP contribution in [0.5, 0.6) is 0 Å². The fourth-order valence-electron chi connectivity index (χ4n) is 4.94. The third kappa shape index (κ3) is 6.03. The summed E-state index contributed by atoms with van der Waals surface area (Å²) >= 11 is 7.54. The Morgan fingerprint density at radius 2 is 2.16 bits per heavy atom. The average Bonchev–Trinajstić information content (AvgIpc) is 3.23. The minimum absolute atomic E-state index is 0.00432. The number of ether oxygens (including phenoxy) is 1. The zero-order valence-corrected chi connectivity index (χ0v) is 26.8. The lowest BCUT2D eigenvalue weighted by Gasteiger charge is -2.39. The number of hydrogen-bond donors (Lipinski definition) is 1. The molecule has 0 amide bonds. The first-order valence-corrected chi connectivity index (χ1v) is 20.0. The molecule has 0 spiro atoms. The number of aromatic nitrogens is 2. The van der Waals surface area contributed by atoms with Gasteiger partial charge in [-0.25, -0.2) is 9.18 Å². The second kappa shape index (κ2) is 10.7. The van der Waals surface area contributed by atoms with Gasteiger partial charge in [-0.15, -0.1) is 0 Å². The highest BCUT2D eigenvalue weighted by atomic mass is 32.9. The lowest BCUT2D eigenvalue weighted by Crippen LogP contribution is -2.49. The van der Waals surface area contributed by atoms with E-state index in [4.69, 9.17) is 35.8 Å². The first-order valence-electron chi connectivity index (χ1n) is 13.1. The van der Waals surface area contributed by atoms with Crippen LogP contribution >= 0.6 is 17.1 Å². The highest BCUT2D eigenvalue weighted by molar-refractivity contribution is 8.68. The quantitative estimate of drug-likeness (QED) is 0.229. The van der Waals surface area contributed by atoms with Crippen molar-refractivity contribution in [3.63, 3.8) is 0 Å². The van der Waals surface area contributed by atoms with Crippen LogP contribution in [0.2, 0.25) is 18.1 Å². The number of nitrogen functional groups attached to an aromatic ring is 1. The number of anilines is 1. The summed E-state index contributed by atoms with van der Waals surface area (Å²) in [6.45, 7) is 18.8. The van der Waals surface area contributed by atoms with Crippen molar-refractivity contribution in [3.05, 3.63) is 34.9 Å². The Bertz CT molecular complexity index is 1180. The van der Waals surface area contributed by atoms with Crippen molar-refractivity contribution in [3.8, 4) is 0 Å². The summed E-state index contributed by atoms with van der Waals surface area (Å²) in [7, 11) is -2.40. The number of allylic oxidation sites excluding steroid dienone is 1. The van der Waals surface area contributed by atoms with E-state index in [0.29, 0.717) is 5.92 Å². The molecule has 3 aliphatic rings. The van der Waals surface area contributed by atoms with Crippen molar-refractivity contribution >= 4 is 43.0 Å². The van der Waals surface area contributed by atoms with Crippen LogP contribution in [0.1, 0.15) is 60.1 Å². The second-order valence-electron chi connectivity index (χ2n) is 12.5. The van der Waals surface area contributed by atoms with Gasteiger partial charge in [-0.05, 0) is 75.0 Å². The minimum atomic E-state index is -2.71. The minimum Gasteiger partial charge on any atom is -0.408 e. The first kappa shape index (κ1) is 30.4. The molecular formula is C25H41FN3O5PS2Si. The Labute approximate surface area is 235 Å². The molecule has 0 bridgehead atoms. The van der Waals surface area contributed by atoms with E-state index in [1.165, 1.54) is 17.8 Å². The maximum Gasteiger partial charge on any atom is 0.351 e. The summed E-state index contributed by atoms with van der Waals surface area (Å²) in [5.74, 6) is 0.473. The molecule has 13 heteroatoms. The van der Waals surface area contributed by atoms with Gasteiger partial charge in [-0.2, -0.15) is 4.98 Å². The smallest absolute Gasteiger partial charge is 0.351 e. The molecule has 0 radical (unpaired) electrons. The van der Waals surface area contributed by atoms with Gasteiger partial charge in [0.1, 0.15) is 18.0 Å². The molecule has 38 heavy (non-hydrogen) atoms. The van der Waals surface area contributed by atoms with Crippen molar-refractivity contribution in [2.75, 3.05) is 12.3 Å². The molecule has 8 atom stereocenters. The van der Waals surface area contributed by atoms with E-state index in [2.05, 4.69) is 59.3 Å². The average molecular weight is 606 g/mol. The number of fused-ring (bicyclic) bond motifs is 1. The molecule has 2 aliphatic heterocycles. The molecule has 214 valence electrons. The molecule has 1 saturated carbocycles. The lowest BCUT2D eigenvalue weighted by atomic mass is 9.77. The molecule has 1 unspecified atom stereocenters. The molecule has 4 rings (SSSR count). The number of halogens is 1. The van der Waals surface area contributed by atoms with Crippen molar-refractivity contribution in [1.29, 1.82) is 0 Å². The zero-order chi connectivity index (χ0) is 28.3. The Hall–Kier alpha value is -0.593. The van der Waals surface area contributed by atoms with Crippen LogP contribution in [0.3, 0.4) is 0 Å². The third-order valence-corrected chi connectivity index (χ3v) is 18.8. The van der Waals surface area contributed by atoms with Gasteiger partial charge in [-0.1, -0.05) is 44.3 Å². The maximum atomic E-state index is 16.0. The fraction of sp³-hybridized carbons (Fsp3) is 0.760. The van der Waals surface area contributed by atoms with Crippen molar-refractivity contribution in [1.82, 2.24) is 9.55 Å². The third-order valence-electron chi connectivity index (χ3n) is 8.47. The standard InChI is InChI=1S/C25H41FN3O5PS2Si/c1-15(2)16-9-11-25(6)18(13-16)33-35(36,37-25)31-14-17-21(34-38(7,8)24(3,4)5)20(26)22(32-17)29-12-10-19(27)28-23(29)30/h10,12,16-18,20-22H,1,9,11,13-14H2,2-8H3,(H2,27,28,30)/t16-,17+,18+,20+,21?,22+,25+,35+/m0/s1. The van der Waals surface area contributed by atoms with Crippen molar-refractivity contribution < 1.29 is 22.6 Å². The van der Waals surface area contributed by atoms with E-state index in [1.54, 1.807) is 11.4 Å². The molecule has 1 aliphatic carbocycles. The monoisotopic (exact) mass is 605 g/mol. The van der Waals surface area contributed by atoms with E-state index >= 15 is 4.39 Å². The summed E-state index contributed by atoms with van der Waals surface area (Å²) in [4.78, 5) is 16.3. The van der Waals surface area contributed by atoms with E-state index < -0.39 is 44.3 Å². The molecule has 2 N–H and O–H groups in total. The molecule has 3 fully saturated rings. The number of nitrogens with zero attached hydrogens (tertiary/aromatic N) is 2. The summed E-state index contributed by atoms with van der Waals surface area (Å²) in [6, 6.07) is 1.44. The highest BCUT2D eigenvalue weighted by Crippen LogP contribution is 2.75. The highest BCUT2D eigenvalue weighted by Gasteiger charge is 2.55. The van der Waals surface area contributed by atoms with Gasteiger partial charge in [0.15, 0.2) is 20.7 Å². The second-order valence-corrected chi connectivity index (χ2v) is 23.8. The zero-order valence-electron chi connectivity index (χ0n) is 23.3. The van der Waals surface area contributed by atoms with Crippen LogP contribution in [0.4, 0.5) is 10.2 Å². The first-order chi connectivity index (χ1) is 17.4. The van der Waals surface area contributed by atoms with Gasteiger partial charge in [0, 0.05) is 10.9 Å². The number of rotatable bonds is 7. The lowest BCUT2D eigenvalue weighted by molar-refractivity contribution is -0.0439. The summed E-state index contributed by atoms with van der Waals surface area (Å²) in [5, 5.41) is -0.156. The van der Waals surface area contributed by atoms with Gasteiger partial charge in [-0.3, -0.25) is 4.57 Å². The topological polar surface area (TPSA) is 97.8 Å². The predicted octanol–water partition coefficient (Wildman–Crippen LogP) is 5.96. The largest absolute Gasteiger partial charge is 0.408 e. The predicted molar refractivity (Wildman–Crippen MR) is 157 cm³/mol. The number of nitrogens with two attached hydrogens (primary N) is 1. The fourth-order valence-corrected chi connectivity index (χ4v) is 13.4. The van der Waals surface area contributed by atoms with Crippen LogP contribution in [-0.4, -0.2) is 53.7 Å². The SMILES string of the molecule is C=C(C)[C@H]1CC[C@@]2(C)S[P@](=S)(OC[C@H]3O[C@@H](n4ccc(N)nc4=O)[C@H](F)C3O[Si](C)(C)C(C)(C)C)O[C@@H]2C1. The summed E-state index contributed by atoms with van der Waals surface area (Å²) < 4.78 is 42.4. The molecular weight excluding hydrogens is 564 g/mol. The molecule has 2 saturated heterocycles. The summed E-state index contributed by atoms with van der Waals surface area (Å²) in [6.07, 6.45) is -0.270. The van der Waals surface area contributed by atoms with Crippen LogP contribution in [0, 0.1) is 5.92 Å². The number of alkyl halides is 1. The van der Waals surface area contributed by atoms with Gasteiger partial charge in [0.2, 0.25) is 5.69 Å². The van der Waals surface area contributed by atoms with Gasteiger partial charge < -0.3 is 23.9 Å². The Morgan fingerprint density at radius 1 is 1.47 bits per heavy atom. The molecule has 3 heterocycles. The van der Waals surface area contributed by atoms with Crippen LogP contribution in [0.15, 0.2) is 29.2 Å².